The molecule has 0 atom stereocenters. The van der Waals surface area contributed by atoms with Crippen LogP contribution in [0.2, 0.25) is 0 Å². The molecule has 0 radical (unpaired) electrons. The van der Waals surface area contributed by atoms with Gasteiger partial charge in [-0.25, -0.2) is 0 Å². The van der Waals surface area contributed by atoms with E-state index in [4.69, 9.17) is 0 Å². The van der Waals surface area contributed by atoms with Gasteiger partial charge in [-0.2, -0.15) is 0 Å². The Morgan fingerprint density at radius 1 is 0.618 bits per heavy atom. The third-order valence-corrected chi connectivity index (χ3v) is 6.54. The van der Waals surface area contributed by atoms with Crippen LogP contribution in [-0.2, 0) is 5.60 Å². The highest BCUT2D eigenvalue weighted by Crippen LogP contribution is 2.41. The first-order valence-corrected chi connectivity index (χ1v) is 11.6. The summed E-state index contributed by atoms with van der Waals surface area (Å²) >= 11 is 0. The van der Waals surface area contributed by atoms with Crippen molar-refractivity contribution in [3.8, 4) is 5.69 Å². The first-order valence-electron chi connectivity index (χ1n) is 11.6. The first-order chi connectivity index (χ1) is 16.5. The number of para-hydroxylation sites is 3. The molecule has 5 aromatic carbocycles. The third kappa shape index (κ3) is 3.25. The fourth-order valence-corrected chi connectivity index (χ4v) is 5.04. The fourth-order valence-electron chi connectivity index (χ4n) is 5.04. The van der Waals surface area contributed by atoms with E-state index in [-0.39, 0.29) is 0 Å². The number of aromatic nitrogens is 1. The Morgan fingerprint density at radius 3 is 2.00 bits per heavy atom. The van der Waals surface area contributed by atoms with Crippen molar-refractivity contribution in [2.75, 3.05) is 5.32 Å². The summed E-state index contributed by atoms with van der Waals surface area (Å²) in [4.78, 5) is 0. The van der Waals surface area contributed by atoms with E-state index >= 15 is 0 Å². The number of rotatable bonds is 4. The Kier molecular flexibility index (Phi) is 4.68. The van der Waals surface area contributed by atoms with E-state index in [1.54, 1.807) is 0 Å². The highest BCUT2D eigenvalue weighted by Gasteiger charge is 2.21. The maximum Gasteiger partial charge on any atom is 0.0860 e. The minimum Gasteiger partial charge on any atom is -0.386 e. The van der Waals surface area contributed by atoms with E-state index < -0.39 is 5.60 Å². The van der Waals surface area contributed by atoms with Gasteiger partial charge in [-0.05, 0) is 44.2 Å². The zero-order valence-electron chi connectivity index (χ0n) is 19.3. The predicted octanol–water partition coefficient (Wildman–Crippen LogP) is 7.91. The van der Waals surface area contributed by atoms with Crippen LogP contribution < -0.4 is 5.32 Å². The summed E-state index contributed by atoms with van der Waals surface area (Å²) in [5.41, 5.74) is 5.37. The normalized spacial score (nSPS) is 12.0. The average Bonchev–Trinajstić information content (AvgIpc) is 3.19. The summed E-state index contributed by atoms with van der Waals surface area (Å²) in [6, 6.07) is 37.9. The molecule has 1 heterocycles. The molecule has 0 aliphatic rings. The number of fused-ring (bicyclic) bond motifs is 5. The molecule has 0 saturated carbocycles. The van der Waals surface area contributed by atoms with Gasteiger partial charge in [0.2, 0.25) is 0 Å². The second kappa shape index (κ2) is 7.75. The largest absolute Gasteiger partial charge is 0.386 e. The predicted molar refractivity (Wildman–Crippen MR) is 143 cm³/mol. The van der Waals surface area contributed by atoms with Crippen molar-refractivity contribution in [3.05, 3.63) is 115 Å². The standard InChI is InChI=1S/C31H26N2O/c1-31(2,34)26-17-9-10-18-27(26)32-28-20-25-23-15-8-11-19-29(23)33(21-12-4-3-5-13-21)30(25)24-16-7-6-14-22(24)28/h3-20,32,34H,1-2H3. The molecule has 6 aromatic rings. The lowest BCUT2D eigenvalue weighted by Gasteiger charge is -2.23. The second-order valence-corrected chi connectivity index (χ2v) is 9.28. The molecule has 0 amide bonds. The van der Waals surface area contributed by atoms with Crippen LogP contribution in [0.4, 0.5) is 11.4 Å². The summed E-state index contributed by atoms with van der Waals surface area (Å²) < 4.78 is 2.36. The van der Waals surface area contributed by atoms with Crippen LogP contribution in [0.3, 0.4) is 0 Å². The number of nitrogens with one attached hydrogen (secondary N) is 1. The van der Waals surface area contributed by atoms with Crippen molar-refractivity contribution in [1.82, 2.24) is 4.57 Å². The van der Waals surface area contributed by atoms with Crippen LogP contribution in [0.5, 0.6) is 0 Å². The first kappa shape index (κ1) is 20.5. The summed E-state index contributed by atoms with van der Waals surface area (Å²) in [6.45, 7) is 3.64. The van der Waals surface area contributed by atoms with E-state index in [2.05, 4.69) is 94.8 Å². The van der Waals surface area contributed by atoms with Gasteiger partial charge in [0.1, 0.15) is 0 Å². The maximum absolute atomic E-state index is 10.8. The SMILES string of the molecule is CC(C)(O)c1ccccc1Nc1cc2c3ccccc3n(-c3ccccc3)c2c2ccccc12. The van der Waals surface area contributed by atoms with Gasteiger partial charge in [0.05, 0.1) is 16.6 Å². The molecule has 0 aliphatic heterocycles. The number of hydrogen-bond acceptors (Lipinski definition) is 2. The monoisotopic (exact) mass is 442 g/mol. The van der Waals surface area contributed by atoms with Gasteiger partial charge in [0, 0.05) is 44.2 Å². The molecular formula is C31H26N2O. The minimum atomic E-state index is -0.952. The number of nitrogens with zero attached hydrogens (tertiary/aromatic N) is 1. The number of aliphatic hydroxyl groups is 1. The summed E-state index contributed by atoms with van der Waals surface area (Å²) in [6.07, 6.45) is 0. The Morgan fingerprint density at radius 2 is 1.24 bits per heavy atom. The second-order valence-electron chi connectivity index (χ2n) is 9.28. The molecule has 3 nitrogen and oxygen atoms in total. The lowest BCUT2D eigenvalue weighted by Crippen LogP contribution is -2.17. The molecule has 0 unspecified atom stereocenters. The van der Waals surface area contributed by atoms with Gasteiger partial charge in [-0.3, -0.25) is 0 Å². The number of benzene rings is 5. The minimum absolute atomic E-state index is 0.867. The maximum atomic E-state index is 10.8. The van der Waals surface area contributed by atoms with Crippen molar-refractivity contribution >= 4 is 44.0 Å². The van der Waals surface area contributed by atoms with Gasteiger partial charge < -0.3 is 15.0 Å². The molecule has 34 heavy (non-hydrogen) atoms. The average molecular weight is 443 g/mol. The molecule has 0 saturated heterocycles. The van der Waals surface area contributed by atoms with Crippen LogP contribution in [0.25, 0.3) is 38.3 Å². The van der Waals surface area contributed by atoms with Crippen molar-refractivity contribution < 1.29 is 5.11 Å². The fraction of sp³-hybridized carbons (Fsp3) is 0.0968. The zero-order chi connectivity index (χ0) is 23.3. The molecule has 0 aliphatic carbocycles. The topological polar surface area (TPSA) is 37.2 Å². The van der Waals surface area contributed by atoms with Gasteiger partial charge >= 0.3 is 0 Å². The molecule has 166 valence electrons. The molecule has 3 heteroatoms. The van der Waals surface area contributed by atoms with E-state index in [0.717, 1.165) is 28.0 Å². The van der Waals surface area contributed by atoms with E-state index in [1.807, 2.05) is 38.1 Å². The van der Waals surface area contributed by atoms with E-state index in [0.29, 0.717) is 0 Å². The Hall–Kier alpha value is -4.08. The molecule has 1 aromatic heterocycles. The van der Waals surface area contributed by atoms with Crippen molar-refractivity contribution in [2.24, 2.45) is 0 Å². The van der Waals surface area contributed by atoms with Crippen LogP contribution in [0.15, 0.2) is 109 Å². The Balaban J connectivity index is 1.69. The lowest BCUT2D eigenvalue weighted by atomic mass is 9.96. The summed E-state index contributed by atoms with van der Waals surface area (Å²) in [5.74, 6) is 0. The van der Waals surface area contributed by atoms with Crippen LogP contribution in [0, 0.1) is 0 Å². The Bertz CT molecular complexity index is 1660. The molecule has 2 N–H and O–H groups in total. The van der Waals surface area contributed by atoms with Crippen LogP contribution in [0.1, 0.15) is 19.4 Å². The number of hydrogen-bond donors (Lipinski definition) is 2. The third-order valence-electron chi connectivity index (χ3n) is 6.54. The van der Waals surface area contributed by atoms with E-state index in [9.17, 15) is 5.11 Å². The Labute approximate surface area is 198 Å². The molecular weight excluding hydrogens is 416 g/mol. The van der Waals surface area contributed by atoms with Gasteiger partial charge in [0.25, 0.3) is 0 Å². The number of anilines is 2. The van der Waals surface area contributed by atoms with Crippen molar-refractivity contribution in [2.45, 2.75) is 19.4 Å². The zero-order valence-corrected chi connectivity index (χ0v) is 19.3. The molecule has 0 bridgehead atoms. The van der Waals surface area contributed by atoms with Crippen molar-refractivity contribution in [1.29, 1.82) is 0 Å². The lowest BCUT2D eigenvalue weighted by molar-refractivity contribution is 0.0794. The highest BCUT2D eigenvalue weighted by atomic mass is 16.3. The van der Waals surface area contributed by atoms with Crippen LogP contribution in [-0.4, -0.2) is 9.67 Å². The molecule has 0 spiro atoms. The highest BCUT2D eigenvalue weighted by molar-refractivity contribution is 6.21. The summed E-state index contributed by atoms with van der Waals surface area (Å²) in [5, 5.41) is 19.2. The molecule has 6 rings (SSSR count). The van der Waals surface area contributed by atoms with Crippen molar-refractivity contribution in [3.63, 3.8) is 0 Å². The van der Waals surface area contributed by atoms with Crippen LogP contribution >= 0.6 is 0 Å². The van der Waals surface area contributed by atoms with Gasteiger partial charge in [-0.1, -0.05) is 78.9 Å². The quantitative estimate of drug-likeness (QED) is 0.291. The van der Waals surface area contributed by atoms with Gasteiger partial charge in [0.15, 0.2) is 0 Å². The van der Waals surface area contributed by atoms with E-state index in [1.165, 1.54) is 27.2 Å². The summed E-state index contributed by atoms with van der Waals surface area (Å²) in [7, 11) is 0. The van der Waals surface area contributed by atoms with Gasteiger partial charge in [-0.15, -0.1) is 0 Å². The molecule has 0 fully saturated rings. The smallest absolute Gasteiger partial charge is 0.0860 e.